The van der Waals surface area contributed by atoms with E-state index >= 15 is 0 Å². The number of guanidine groups is 1. The van der Waals surface area contributed by atoms with Gasteiger partial charge in [0, 0.05) is 33.1 Å². The van der Waals surface area contributed by atoms with Crippen molar-refractivity contribution in [1.82, 2.24) is 26.1 Å². The summed E-state index contributed by atoms with van der Waals surface area (Å²) in [6.45, 7) is 8.81. The number of alkyl carbamates (subject to hydrolysis) is 1. The van der Waals surface area contributed by atoms with Crippen LogP contribution in [0.1, 0.15) is 32.5 Å². The predicted molar refractivity (Wildman–Crippen MR) is 102 cm³/mol. The molecule has 0 aliphatic carbocycles. The number of halogens is 1. The summed E-state index contributed by atoms with van der Waals surface area (Å²) in [6.07, 6.45) is 0.173. The third-order valence-corrected chi connectivity index (χ3v) is 2.51. The highest BCUT2D eigenvalue weighted by Gasteiger charge is 2.15. The van der Waals surface area contributed by atoms with Crippen molar-refractivity contribution < 1.29 is 14.1 Å². The average molecular weight is 454 g/mol. The summed E-state index contributed by atoms with van der Waals surface area (Å²) in [5.41, 5.74) is -0.498. The molecule has 10 heteroatoms. The van der Waals surface area contributed by atoms with Gasteiger partial charge in [-0.2, -0.15) is 4.98 Å². The minimum atomic E-state index is -0.498. The van der Waals surface area contributed by atoms with E-state index in [9.17, 15) is 4.79 Å². The normalized spacial score (nSPS) is 11.5. The van der Waals surface area contributed by atoms with Crippen LogP contribution in [0.15, 0.2) is 9.52 Å². The molecule has 138 valence electrons. The van der Waals surface area contributed by atoms with Crippen molar-refractivity contribution in [3.8, 4) is 0 Å². The van der Waals surface area contributed by atoms with Crippen LogP contribution >= 0.6 is 24.0 Å². The minimum Gasteiger partial charge on any atom is -0.444 e. The summed E-state index contributed by atoms with van der Waals surface area (Å²) in [7, 11) is 1.67. The molecule has 1 rings (SSSR count). The van der Waals surface area contributed by atoms with Crippen molar-refractivity contribution >= 4 is 36.0 Å². The lowest BCUT2D eigenvalue weighted by Gasteiger charge is -2.19. The zero-order valence-electron chi connectivity index (χ0n) is 14.8. The molecule has 1 aromatic heterocycles. The van der Waals surface area contributed by atoms with Gasteiger partial charge in [0.15, 0.2) is 11.8 Å². The highest BCUT2D eigenvalue weighted by molar-refractivity contribution is 14.0. The van der Waals surface area contributed by atoms with E-state index in [0.717, 1.165) is 0 Å². The van der Waals surface area contributed by atoms with Crippen molar-refractivity contribution in [3.63, 3.8) is 0 Å². The van der Waals surface area contributed by atoms with Gasteiger partial charge in [-0.1, -0.05) is 5.16 Å². The Morgan fingerprint density at radius 1 is 1.21 bits per heavy atom. The molecule has 0 fully saturated rings. The fourth-order valence-electron chi connectivity index (χ4n) is 1.61. The lowest BCUT2D eigenvalue weighted by Crippen LogP contribution is -2.43. The molecule has 0 aliphatic rings. The van der Waals surface area contributed by atoms with Crippen LogP contribution in [0.5, 0.6) is 0 Å². The molecule has 0 saturated carbocycles. The summed E-state index contributed by atoms with van der Waals surface area (Å²) in [4.78, 5) is 19.7. The van der Waals surface area contributed by atoms with Crippen LogP contribution in [-0.2, 0) is 11.2 Å². The van der Waals surface area contributed by atoms with E-state index in [0.29, 0.717) is 43.7 Å². The predicted octanol–water partition coefficient (Wildman–Crippen LogP) is 1.23. The van der Waals surface area contributed by atoms with Gasteiger partial charge >= 0.3 is 6.09 Å². The Labute approximate surface area is 159 Å². The van der Waals surface area contributed by atoms with Gasteiger partial charge in [0.1, 0.15) is 5.60 Å². The molecule has 1 amide bonds. The average Bonchev–Trinajstić information content (AvgIpc) is 2.85. The molecule has 0 bridgehead atoms. The van der Waals surface area contributed by atoms with Gasteiger partial charge in [-0.15, -0.1) is 24.0 Å². The van der Waals surface area contributed by atoms with Gasteiger partial charge in [0.25, 0.3) is 0 Å². The summed E-state index contributed by atoms with van der Waals surface area (Å²) >= 11 is 0. The van der Waals surface area contributed by atoms with Gasteiger partial charge in [0.05, 0.1) is 0 Å². The van der Waals surface area contributed by atoms with Crippen molar-refractivity contribution in [2.45, 2.75) is 39.7 Å². The zero-order chi connectivity index (χ0) is 17.3. The maximum Gasteiger partial charge on any atom is 0.407 e. The number of aliphatic imine (C=N–C) groups is 1. The molecular weight excluding hydrogens is 427 g/mol. The van der Waals surface area contributed by atoms with Crippen molar-refractivity contribution in [3.05, 3.63) is 11.7 Å². The van der Waals surface area contributed by atoms with Crippen LogP contribution in [0.25, 0.3) is 0 Å². The molecule has 0 unspecified atom stereocenters. The SMILES string of the molecule is CN=C(NCCNC(=O)OC(C)(C)C)NCCc1nc(C)no1.I. The topological polar surface area (TPSA) is 114 Å². The van der Waals surface area contributed by atoms with Gasteiger partial charge in [-0.05, 0) is 27.7 Å². The van der Waals surface area contributed by atoms with Crippen LogP contribution in [-0.4, -0.2) is 54.5 Å². The second-order valence-electron chi connectivity index (χ2n) is 5.84. The number of rotatable bonds is 6. The molecule has 1 heterocycles. The van der Waals surface area contributed by atoms with Gasteiger partial charge in [0.2, 0.25) is 5.89 Å². The first-order valence-corrected chi connectivity index (χ1v) is 7.50. The van der Waals surface area contributed by atoms with E-state index in [-0.39, 0.29) is 24.0 Å². The monoisotopic (exact) mass is 454 g/mol. The lowest BCUT2D eigenvalue weighted by atomic mass is 10.2. The molecule has 3 N–H and O–H groups in total. The van der Waals surface area contributed by atoms with E-state index < -0.39 is 11.7 Å². The van der Waals surface area contributed by atoms with Crippen LogP contribution in [0, 0.1) is 6.92 Å². The van der Waals surface area contributed by atoms with Crippen LogP contribution in [0.2, 0.25) is 0 Å². The van der Waals surface area contributed by atoms with E-state index in [1.54, 1.807) is 14.0 Å². The number of ether oxygens (including phenoxy) is 1. The van der Waals surface area contributed by atoms with Gasteiger partial charge in [-0.3, -0.25) is 4.99 Å². The summed E-state index contributed by atoms with van der Waals surface area (Å²) in [5, 5.41) is 12.6. The Balaban J connectivity index is 0.00000529. The number of nitrogens with one attached hydrogen (secondary N) is 3. The molecule has 0 aliphatic heterocycles. The first-order chi connectivity index (χ1) is 10.8. The molecular formula is C14H27IN6O3. The number of carbonyl (C=O) groups is 1. The number of amides is 1. The first-order valence-electron chi connectivity index (χ1n) is 7.50. The third-order valence-electron chi connectivity index (χ3n) is 2.51. The summed E-state index contributed by atoms with van der Waals surface area (Å²) < 4.78 is 10.2. The standard InChI is InChI=1S/C14H26N6O3.HI/c1-10-19-11(23-20-10)6-7-16-12(15-5)17-8-9-18-13(21)22-14(2,3)4;/h6-9H2,1-5H3,(H,18,21)(H2,15,16,17);1H. The van der Waals surface area contributed by atoms with Gasteiger partial charge < -0.3 is 25.2 Å². The number of nitrogens with zero attached hydrogens (tertiary/aromatic N) is 3. The van der Waals surface area contributed by atoms with E-state index in [4.69, 9.17) is 9.26 Å². The van der Waals surface area contributed by atoms with Crippen LogP contribution < -0.4 is 16.0 Å². The van der Waals surface area contributed by atoms with Crippen LogP contribution in [0.4, 0.5) is 4.79 Å². The van der Waals surface area contributed by atoms with E-state index in [2.05, 4.69) is 31.1 Å². The largest absolute Gasteiger partial charge is 0.444 e. The summed E-state index contributed by atoms with van der Waals surface area (Å²) in [6, 6.07) is 0. The molecule has 9 nitrogen and oxygen atoms in total. The Bertz CT molecular complexity index is 527. The highest BCUT2D eigenvalue weighted by Crippen LogP contribution is 2.05. The van der Waals surface area contributed by atoms with Gasteiger partial charge in [-0.25, -0.2) is 4.79 Å². The van der Waals surface area contributed by atoms with Crippen molar-refractivity contribution in [2.24, 2.45) is 4.99 Å². The Kier molecular flexibility index (Phi) is 10.3. The Hall–Kier alpha value is -1.59. The second-order valence-corrected chi connectivity index (χ2v) is 5.84. The quantitative estimate of drug-likeness (QED) is 0.257. The molecule has 0 radical (unpaired) electrons. The Morgan fingerprint density at radius 3 is 2.38 bits per heavy atom. The number of hydrogen-bond donors (Lipinski definition) is 3. The number of hydrogen-bond acceptors (Lipinski definition) is 6. The molecule has 0 aromatic carbocycles. The molecule has 0 spiro atoms. The third kappa shape index (κ3) is 10.2. The number of carbonyl (C=O) groups excluding carboxylic acids is 1. The van der Waals surface area contributed by atoms with E-state index in [1.165, 1.54) is 0 Å². The fraction of sp³-hybridized carbons (Fsp3) is 0.714. The molecule has 0 atom stereocenters. The zero-order valence-corrected chi connectivity index (χ0v) is 17.1. The highest BCUT2D eigenvalue weighted by atomic mass is 127. The summed E-state index contributed by atoms with van der Waals surface area (Å²) in [5.74, 6) is 1.83. The smallest absolute Gasteiger partial charge is 0.407 e. The maximum atomic E-state index is 11.5. The maximum absolute atomic E-state index is 11.5. The first kappa shape index (κ1) is 22.4. The van der Waals surface area contributed by atoms with Crippen molar-refractivity contribution in [1.29, 1.82) is 0 Å². The lowest BCUT2D eigenvalue weighted by molar-refractivity contribution is 0.0529. The van der Waals surface area contributed by atoms with Crippen LogP contribution in [0.3, 0.4) is 0 Å². The second kappa shape index (κ2) is 11.0. The Morgan fingerprint density at radius 2 is 1.83 bits per heavy atom. The molecule has 24 heavy (non-hydrogen) atoms. The molecule has 1 aromatic rings. The fourth-order valence-corrected chi connectivity index (χ4v) is 1.61. The minimum absolute atomic E-state index is 0. The number of aromatic nitrogens is 2. The van der Waals surface area contributed by atoms with E-state index in [1.807, 2.05) is 20.8 Å². The molecule has 0 saturated heterocycles. The van der Waals surface area contributed by atoms with Crippen molar-refractivity contribution in [2.75, 3.05) is 26.7 Å². The number of aryl methyl sites for hydroxylation is 1.